The molecule has 0 saturated heterocycles. The Morgan fingerprint density at radius 2 is 1.77 bits per heavy atom. The summed E-state index contributed by atoms with van der Waals surface area (Å²) >= 11 is 7.08. The number of benzene rings is 2. The maximum atomic E-state index is 12.8. The molecule has 1 unspecified atom stereocenters. The summed E-state index contributed by atoms with van der Waals surface area (Å²) in [6.07, 6.45) is 7.25. The monoisotopic (exact) mass is 682 g/mol. The zero-order valence-electron chi connectivity index (χ0n) is 23.3. The average Bonchev–Trinajstić information content (AvgIpc) is 3.45. The number of hydrogen-bond acceptors (Lipinski definition) is 4. The van der Waals surface area contributed by atoms with Crippen molar-refractivity contribution < 1.29 is 4.57 Å². The SMILES string of the molecule is CCCP(C)(C)=O.Cn1c(=O)cc(-c2ccnc(Br)c2)c2cc(C(C)(c3cccc(Br)c3)c3cnc[nH]3)ccc21. The second-order valence-electron chi connectivity index (χ2n) is 10.5. The molecule has 0 radical (unpaired) electrons. The molecule has 0 aliphatic rings. The maximum Gasteiger partial charge on any atom is 0.251 e. The lowest BCUT2D eigenvalue weighted by Gasteiger charge is -2.30. The largest absolute Gasteiger partial charge is 0.347 e. The van der Waals surface area contributed by atoms with E-state index in [1.54, 1.807) is 30.2 Å². The minimum Gasteiger partial charge on any atom is -0.347 e. The fraction of sp³-hybridized carbons (Fsp3) is 0.258. The van der Waals surface area contributed by atoms with Crippen LogP contribution in [0.3, 0.4) is 0 Å². The van der Waals surface area contributed by atoms with E-state index < -0.39 is 12.6 Å². The molecule has 208 valence electrons. The van der Waals surface area contributed by atoms with E-state index in [2.05, 4.69) is 84.9 Å². The quantitative estimate of drug-likeness (QED) is 0.144. The van der Waals surface area contributed by atoms with Gasteiger partial charge in [-0.3, -0.25) is 4.79 Å². The van der Waals surface area contributed by atoms with E-state index >= 15 is 0 Å². The number of halogens is 2. The highest BCUT2D eigenvalue weighted by molar-refractivity contribution is 9.10. The van der Waals surface area contributed by atoms with Crippen molar-refractivity contribution in [2.24, 2.45) is 7.05 Å². The van der Waals surface area contributed by atoms with Crippen LogP contribution in [-0.2, 0) is 17.0 Å². The Hall–Kier alpha value is -2.80. The molecule has 5 aromatic rings. The zero-order chi connectivity index (χ0) is 29.1. The van der Waals surface area contributed by atoms with Crippen LogP contribution in [0.25, 0.3) is 22.0 Å². The van der Waals surface area contributed by atoms with E-state index in [1.807, 2.05) is 49.9 Å². The van der Waals surface area contributed by atoms with Crippen molar-refractivity contribution in [2.45, 2.75) is 25.7 Å². The molecule has 9 heteroatoms. The van der Waals surface area contributed by atoms with Gasteiger partial charge >= 0.3 is 0 Å². The third kappa shape index (κ3) is 6.56. The third-order valence-electron chi connectivity index (χ3n) is 7.06. The van der Waals surface area contributed by atoms with Crippen LogP contribution in [0.4, 0.5) is 0 Å². The molecule has 0 saturated carbocycles. The van der Waals surface area contributed by atoms with Crippen LogP contribution in [0, 0.1) is 0 Å². The number of aromatic amines is 1. The summed E-state index contributed by atoms with van der Waals surface area (Å²) in [4.78, 5) is 24.6. The molecular formula is C31H33Br2N4O2P. The number of H-pyrrole nitrogens is 1. The van der Waals surface area contributed by atoms with Crippen molar-refractivity contribution in [2.75, 3.05) is 19.5 Å². The lowest BCUT2D eigenvalue weighted by Crippen LogP contribution is -2.26. The minimum atomic E-state index is -1.67. The molecular weight excluding hydrogens is 651 g/mol. The van der Waals surface area contributed by atoms with Gasteiger partial charge in [-0.05, 0) is 101 Å². The molecule has 0 fully saturated rings. The van der Waals surface area contributed by atoms with Gasteiger partial charge in [0.25, 0.3) is 5.56 Å². The molecule has 0 aliphatic heterocycles. The lowest BCUT2D eigenvalue weighted by molar-refractivity contribution is 0.581. The van der Waals surface area contributed by atoms with E-state index in [1.165, 1.54) is 0 Å². The Kier molecular flexibility index (Phi) is 9.33. The molecule has 0 amide bonds. The number of pyridine rings is 2. The first kappa shape index (κ1) is 30.2. The van der Waals surface area contributed by atoms with Crippen molar-refractivity contribution in [3.05, 3.63) is 116 Å². The first-order chi connectivity index (χ1) is 18.9. The summed E-state index contributed by atoms with van der Waals surface area (Å²) in [6.45, 7) is 7.90. The molecule has 5 rings (SSSR count). The van der Waals surface area contributed by atoms with Gasteiger partial charge in [0, 0.05) is 47.2 Å². The molecule has 0 aliphatic carbocycles. The zero-order valence-corrected chi connectivity index (χ0v) is 27.3. The van der Waals surface area contributed by atoms with Gasteiger partial charge in [0.2, 0.25) is 0 Å². The summed E-state index contributed by atoms with van der Waals surface area (Å²) < 4.78 is 14.2. The van der Waals surface area contributed by atoms with Crippen molar-refractivity contribution >= 4 is 49.9 Å². The third-order valence-corrected chi connectivity index (χ3v) is 9.51. The summed E-state index contributed by atoms with van der Waals surface area (Å²) in [7, 11) is 0.139. The standard InChI is InChI=1S/C26H20Br2N4O.C5H13OP/c1-26(23-14-29-15-31-23,17-4-3-5-19(27)11-17)18-6-7-22-21(12-18)20(13-25(33)32(22)2)16-8-9-30-24(28)10-16;1-4-5-7(2,3)6/h3-15H,1-2H3,(H,29,31);4-5H2,1-3H3. The minimum absolute atomic E-state index is 0.0542. The van der Waals surface area contributed by atoms with Gasteiger partial charge in [-0.2, -0.15) is 0 Å². The first-order valence-electron chi connectivity index (χ1n) is 13.0. The van der Waals surface area contributed by atoms with E-state index in [9.17, 15) is 9.36 Å². The highest BCUT2D eigenvalue weighted by Gasteiger charge is 2.33. The summed E-state index contributed by atoms with van der Waals surface area (Å²) in [6, 6.07) is 20.2. The predicted octanol–water partition coefficient (Wildman–Crippen LogP) is 8.22. The number of rotatable bonds is 6. The Bertz CT molecular complexity index is 1740. The smallest absolute Gasteiger partial charge is 0.251 e. The molecule has 3 heterocycles. The fourth-order valence-corrected chi connectivity index (χ4v) is 6.77. The number of fused-ring (bicyclic) bond motifs is 1. The van der Waals surface area contributed by atoms with E-state index in [4.69, 9.17) is 0 Å². The summed E-state index contributed by atoms with van der Waals surface area (Å²) in [5, 5.41) is 0.994. The van der Waals surface area contributed by atoms with Crippen LogP contribution in [0.1, 0.15) is 37.1 Å². The number of hydrogen-bond donors (Lipinski definition) is 1. The summed E-state index contributed by atoms with van der Waals surface area (Å²) in [5.41, 5.74) is 5.33. The van der Waals surface area contributed by atoms with Crippen molar-refractivity contribution in [1.29, 1.82) is 0 Å². The second-order valence-corrected chi connectivity index (χ2v) is 15.8. The van der Waals surface area contributed by atoms with Crippen molar-refractivity contribution in [3.8, 4) is 11.1 Å². The van der Waals surface area contributed by atoms with E-state index in [0.29, 0.717) is 0 Å². The van der Waals surface area contributed by atoms with Crippen LogP contribution in [-0.4, -0.2) is 39.0 Å². The number of aromatic nitrogens is 4. The van der Waals surface area contributed by atoms with Gasteiger partial charge in [-0.1, -0.05) is 41.1 Å². The Morgan fingerprint density at radius 1 is 1.02 bits per heavy atom. The van der Waals surface area contributed by atoms with Gasteiger partial charge in [0.15, 0.2) is 0 Å². The molecule has 3 aromatic heterocycles. The fourth-order valence-electron chi connectivity index (χ4n) is 4.93. The molecule has 1 atom stereocenters. The van der Waals surface area contributed by atoms with Crippen LogP contribution in [0.15, 0.2) is 93.3 Å². The van der Waals surface area contributed by atoms with Crippen molar-refractivity contribution in [3.63, 3.8) is 0 Å². The normalized spacial score (nSPS) is 13.0. The molecule has 0 bridgehead atoms. The van der Waals surface area contributed by atoms with Crippen LogP contribution >= 0.6 is 39.0 Å². The van der Waals surface area contributed by atoms with Crippen LogP contribution in [0.5, 0.6) is 0 Å². The summed E-state index contributed by atoms with van der Waals surface area (Å²) in [5.74, 6) is 0. The molecule has 40 heavy (non-hydrogen) atoms. The van der Waals surface area contributed by atoms with Gasteiger partial charge in [-0.15, -0.1) is 0 Å². The topological polar surface area (TPSA) is 80.6 Å². The van der Waals surface area contributed by atoms with E-state index in [-0.39, 0.29) is 5.56 Å². The lowest BCUT2D eigenvalue weighted by atomic mass is 9.73. The number of nitrogens with one attached hydrogen (secondary N) is 1. The predicted molar refractivity (Wildman–Crippen MR) is 173 cm³/mol. The van der Waals surface area contributed by atoms with Gasteiger partial charge in [0.1, 0.15) is 4.60 Å². The molecule has 6 nitrogen and oxygen atoms in total. The van der Waals surface area contributed by atoms with Gasteiger partial charge in [-0.25, -0.2) is 9.97 Å². The maximum absolute atomic E-state index is 12.8. The Balaban J connectivity index is 0.000000470. The highest BCUT2D eigenvalue weighted by atomic mass is 79.9. The van der Waals surface area contributed by atoms with Crippen LogP contribution in [0.2, 0.25) is 0 Å². The molecule has 2 aromatic carbocycles. The van der Waals surface area contributed by atoms with Gasteiger partial charge in [0.05, 0.1) is 24.4 Å². The molecule has 1 N–H and O–H groups in total. The molecule has 0 spiro atoms. The second kappa shape index (κ2) is 12.4. The van der Waals surface area contributed by atoms with Crippen LogP contribution < -0.4 is 5.56 Å². The van der Waals surface area contributed by atoms with Crippen molar-refractivity contribution in [1.82, 2.24) is 19.5 Å². The van der Waals surface area contributed by atoms with Gasteiger partial charge < -0.3 is 14.1 Å². The number of imidazole rings is 1. The Morgan fingerprint density at radius 3 is 2.38 bits per heavy atom. The van der Waals surface area contributed by atoms with E-state index in [0.717, 1.165) is 60.5 Å². The Labute approximate surface area is 251 Å². The number of nitrogens with zero attached hydrogens (tertiary/aromatic N) is 3. The average molecular weight is 684 g/mol. The number of aryl methyl sites for hydroxylation is 1. The first-order valence-corrected chi connectivity index (χ1v) is 17.4. The highest BCUT2D eigenvalue weighted by Crippen LogP contribution is 2.41.